The summed E-state index contributed by atoms with van der Waals surface area (Å²) in [7, 11) is 0. The molecular weight excluding hydrogens is 287 g/mol. The first-order chi connectivity index (χ1) is 10.1. The van der Waals surface area contributed by atoms with Crippen molar-refractivity contribution in [2.75, 3.05) is 0 Å². The largest absolute Gasteiger partial charge is 0.330 e. The van der Waals surface area contributed by atoms with Crippen molar-refractivity contribution in [3.05, 3.63) is 58.1 Å². The minimum absolute atomic E-state index is 0.252. The van der Waals surface area contributed by atoms with Gasteiger partial charge in [-0.25, -0.2) is 4.39 Å². The van der Waals surface area contributed by atoms with Crippen LogP contribution in [0.5, 0.6) is 0 Å². The Labute approximate surface area is 124 Å². The Balaban J connectivity index is 2.34. The molecule has 4 nitrogen and oxygen atoms in total. The lowest BCUT2D eigenvalue weighted by Gasteiger charge is -2.06. The number of H-pyrrole nitrogens is 1. The lowest BCUT2D eigenvalue weighted by molar-refractivity contribution is 0.629. The highest BCUT2D eigenvalue weighted by molar-refractivity contribution is 7.71. The van der Waals surface area contributed by atoms with E-state index in [9.17, 15) is 4.39 Å². The molecule has 0 bridgehead atoms. The molecule has 100 valence electrons. The number of imidazole rings is 1. The summed E-state index contributed by atoms with van der Waals surface area (Å²) in [6, 6.07) is 13.0. The van der Waals surface area contributed by atoms with E-state index in [4.69, 9.17) is 22.7 Å². The van der Waals surface area contributed by atoms with Crippen molar-refractivity contribution < 1.29 is 4.39 Å². The highest BCUT2D eigenvalue weighted by Gasteiger charge is 2.10. The van der Waals surface area contributed by atoms with Crippen molar-refractivity contribution in [3.8, 4) is 17.8 Å². The van der Waals surface area contributed by atoms with E-state index in [1.807, 2.05) is 12.1 Å². The minimum atomic E-state index is -0.376. The van der Waals surface area contributed by atoms with Crippen LogP contribution in [-0.4, -0.2) is 9.55 Å². The zero-order valence-electron chi connectivity index (χ0n) is 10.6. The molecule has 0 fully saturated rings. The molecule has 1 N–H and O–H groups in total. The van der Waals surface area contributed by atoms with Crippen molar-refractivity contribution in [1.82, 2.24) is 9.55 Å². The van der Waals surface area contributed by atoms with Gasteiger partial charge < -0.3 is 4.98 Å². The maximum atomic E-state index is 13.4. The van der Waals surface area contributed by atoms with E-state index in [0.29, 0.717) is 27.1 Å². The van der Waals surface area contributed by atoms with Crippen LogP contribution < -0.4 is 0 Å². The van der Waals surface area contributed by atoms with Crippen LogP contribution in [0.3, 0.4) is 0 Å². The van der Waals surface area contributed by atoms with Gasteiger partial charge in [0.15, 0.2) is 4.77 Å². The molecule has 0 radical (unpaired) electrons. The van der Waals surface area contributed by atoms with Crippen LogP contribution in [0.15, 0.2) is 36.4 Å². The van der Waals surface area contributed by atoms with E-state index in [-0.39, 0.29) is 11.4 Å². The SMILES string of the molecule is N#Cc1ccc(-n2c(=S)[nH]c3ccc(F)cc32)cc1C#N. The van der Waals surface area contributed by atoms with E-state index in [1.54, 1.807) is 28.8 Å². The van der Waals surface area contributed by atoms with Gasteiger partial charge in [0.2, 0.25) is 0 Å². The maximum absolute atomic E-state index is 13.4. The normalized spacial score (nSPS) is 10.2. The summed E-state index contributed by atoms with van der Waals surface area (Å²) in [6.45, 7) is 0. The van der Waals surface area contributed by atoms with Gasteiger partial charge in [-0.2, -0.15) is 10.5 Å². The van der Waals surface area contributed by atoms with Crippen LogP contribution in [0.1, 0.15) is 11.1 Å². The number of benzene rings is 2. The molecule has 0 aliphatic carbocycles. The molecule has 0 amide bonds. The zero-order chi connectivity index (χ0) is 15.0. The summed E-state index contributed by atoms with van der Waals surface area (Å²) >= 11 is 5.26. The van der Waals surface area contributed by atoms with Crippen LogP contribution in [0, 0.1) is 33.3 Å². The average molecular weight is 294 g/mol. The third-order valence-corrected chi connectivity index (χ3v) is 3.43. The van der Waals surface area contributed by atoms with Crippen molar-refractivity contribution >= 4 is 23.3 Å². The number of halogens is 1. The standard InChI is InChI=1S/C15H7FN4S/c16-11-2-4-13-14(6-11)20(15(21)19-13)12-3-1-9(7-17)10(5-12)8-18/h1-6H,(H,19,21). The summed E-state index contributed by atoms with van der Waals surface area (Å²) in [5.41, 5.74) is 2.42. The Bertz CT molecular complexity index is 1000. The minimum Gasteiger partial charge on any atom is -0.330 e. The molecule has 0 spiro atoms. The van der Waals surface area contributed by atoms with Gasteiger partial charge in [-0.3, -0.25) is 4.57 Å². The highest BCUT2D eigenvalue weighted by Crippen LogP contribution is 2.22. The van der Waals surface area contributed by atoms with Gasteiger partial charge in [-0.05, 0) is 42.5 Å². The Morgan fingerprint density at radius 3 is 2.52 bits per heavy atom. The predicted octanol–water partition coefficient (Wildman–Crippen LogP) is 3.57. The third kappa shape index (κ3) is 2.08. The first kappa shape index (κ1) is 13.0. The summed E-state index contributed by atoms with van der Waals surface area (Å²) in [5, 5.41) is 18.0. The number of fused-ring (bicyclic) bond motifs is 1. The molecule has 0 atom stereocenters. The fraction of sp³-hybridized carbons (Fsp3) is 0. The van der Waals surface area contributed by atoms with Crippen molar-refractivity contribution in [3.63, 3.8) is 0 Å². The van der Waals surface area contributed by atoms with Crippen LogP contribution in [0.4, 0.5) is 4.39 Å². The summed E-state index contributed by atoms with van der Waals surface area (Å²) in [4.78, 5) is 2.98. The molecular formula is C15H7FN4S. The topological polar surface area (TPSA) is 68.3 Å². The number of nitrogens with one attached hydrogen (secondary N) is 1. The van der Waals surface area contributed by atoms with E-state index < -0.39 is 0 Å². The Hall–Kier alpha value is -2.96. The van der Waals surface area contributed by atoms with Gasteiger partial charge >= 0.3 is 0 Å². The number of aromatic amines is 1. The fourth-order valence-electron chi connectivity index (χ4n) is 2.19. The molecule has 0 aliphatic rings. The monoisotopic (exact) mass is 294 g/mol. The van der Waals surface area contributed by atoms with Crippen LogP contribution in [0.25, 0.3) is 16.7 Å². The van der Waals surface area contributed by atoms with Crippen molar-refractivity contribution in [1.29, 1.82) is 10.5 Å². The Morgan fingerprint density at radius 2 is 1.81 bits per heavy atom. The van der Waals surface area contributed by atoms with Crippen LogP contribution in [0.2, 0.25) is 0 Å². The van der Waals surface area contributed by atoms with Gasteiger partial charge in [-0.1, -0.05) is 0 Å². The number of nitrogens with zero attached hydrogens (tertiary/aromatic N) is 3. The predicted molar refractivity (Wildman–Crippen MR) is 77.8 cm³/mol. The lowest BCUT2D eigenvalue weighted by Crippen LogP contribution is -1.96. The number of hydrogen-bond acceptors (Lipinski definition) is 3. The third-order valence-electron chi connectivity index (χ3n) is 3.15. The molecule has 3 rings (SSSR count). The highest BCUT2D eigenvalue weighted by atomic mass is 32.1. The van der Waals surface area contributed by atoms with Gasteiger partial charge in [0, 0.05) is 11.8 Å². The first-order valence-corrected chi connectivity index (χ1v) is 6.40. The second-order valence-corrected chi connectivity index (χ2v) is 4.77. The number of nitriles is 2. The number of rotatable bonds is 1. The van der Waals surface area contributed by atoms with Gasteiger partial charge in [0.25, 0.3) is 0 Å². The van der Waals surface area contributed by atoms with E-state index >= 15 is 0 Å². The molecule has 0 aliphatic heterocycles. The summed E-state index contributed by atoms with van der Waals surface area (Å²) in [5.74, 6) is -0.376. The molecule has 0 unspecified atom stereocenters. The molecule has 6 heteroatoms. The van der Waals surface area contributed by atoms with Crippen molar-refractivity contribution in [2.45, 2.75) is 0 Å². The second-order valence-electron chi connectivity index (χ2n) is 4.38. The van der Waals surface area contributed by atoms with Gasteiger partial charge in [0.1, 0.15) is 18.0 Å². The quantitative estimate of drug-likeness (QED) is 0.698. The Morgan fingerprint density at radius 1 is 1.05 bits per heavy atom. The summed E-state index contributed by atoms with van der Waals surface area (Å²) in [6.07, 6.45) is 0. The number of hydrogen-bond donors (Lipinski definition) is 1. The van der Waals surface area contributed by atoms with Gasteiger partial charge in [0.05, 0.1) is 22.2 Å². The second kappa shape index (κ2) is 4.86. The fourth-order valence-corrected chi connectivity index (χ4v) is 2.51. The van der Waals surface area contributed by atoms with Gasteiger partial charge in [-0.15, -0.1) is 0 Å². The van der Waals surface area contributed by atoms with Crippen LogP contribution >= 0.6 is 12.2 Å². The molecule has 0 saturated carbocycles. The molecule has 2 aromatic carbocycles. The smallest absolute Gasteiger partial charge is 0.182 e. The first-order valence-electron chi connectivity index (χ1n) is 5.99. The molecule has 21 heavy (non-hydrogen) atoms. The number of aromatic nitrogens is 2. The van der Waals surface area contributed by atoms with Crippen LogP contribution in [-0.2, 0) is 0 Å². The van der Waals surface area contributed by atoms with E-state index in [1.165, 1.54) is 12.1 Å². The summed E-state index contributed by atoms with van der Waals surface area (Å²) < 4.78 is 15.5. The molecule has 1 heterocycles. The lowest BCUT2D eigenvalue weighted by atomic mass is 10.1. The molecule has 3 aromatic rings. The zero-order valence-corrected chi connectivity index (χ0v) is 11.4. The molecule has 0 saturated heterocycles. The average Bonchev–Trinajstić information content (AvgIpc) is 2.81. The Kier molecular flexibility index (Phi) is 3.02. The molecule has 1 aromatic heterocycles. The van der Waals surface area contributed by atoms with E-state index in [0.717, 1.165) is 0 Å². The van der Waals surface area contributed by atoms with E-state index in [2.05, 4.69) is 4.98 Å². The van der Waals surface area contributed by atoms with Crippen molar-refractivity contribution in [2.24, 2.45) is 0 Å². The maximum Gasteiger partial charge on any atom is 0.182 e.